The quantitative estimate of drug-likeness (QED) is 0.756. The minimum atomic E-state index is -0.465. The van der Waals surface area contributed by atoms with E-state index in [0.717, 1.165) is 10.4 Å². The topological polar surface area (TPSA) is 97.2 Å². The van der Waals surface area contributed by atoms with Crippen LogP contribution in [-0.2, 0) is 4.74 Å². The van der Waals surface area contributed by atoms with Crippen LogP contribution in [0.4, 0.5) is 10.7 Å². The molecule has 2 aromatic rings. The van der Waals surface area contributed by atoms with Gasteiger partial charge in [-0.15, -0.1) is 11.3 Å². The molecule has 0 spiro atoms. The Kier molecular flexibility index (Phi) is 3.80. The van der Waals surface area contributed by atoms with Crippen LogP contribution in [0, 0.1) is 13.8 Å². The SMILES string of the molecule is COC(=O)c1c(NC(=O)c2cc(N)c[nH]2)sc(C)c1C. The van der Waals surface area contributed by atoms with Crippen molar-refractivity contribution in [3.63, 3.8) is 0 Å². The molecular formula is C13H15N3O3S. The molecule has 4 N–H and O–H groups in total. The van der Waals surface area contributed by atoms with Crippen LogP contribution in [0.25, 0.3) is 0 Å². The predicted molar refractivity (Wildman–Crippen MR) is 78.3 cm³/mol. The lowest BCUT2D eigenvalue weighted by Gasteiger charge is -2.05. The van der Waals surface area contributed by atoms with E-state index in [-0.39, 0.29) is 5.91 Å². The fraction of sp³-hybridized carbons (Fsp3) is 0.231. The summed E-state index contributed by atoms with van der Waals surface area (Å²) in [6.45, 7) is 3.70. The molecule has 0 unspecified atom stereocenters. The van der Waals surface area contributed by atoms with Gasteiger partial charge in [-0.3, -0.25) is 4.79 Å². The van der Waals surface area contributed by atoms with Gasteiger partial charge < -0.3 is 20.8 Å². The molecule has 0 saturated heterocycles. The summed E-state index contributed by atoms with van der Waals surface area (Å²) in [5.41, 5.74) is 7.56. The summed E-state index contributed by atoms with van der Waals surface area (Å²) < 4.78 is 4.75. The third-order valence-corrected chi connectivity index (χ3v) is 4.07. The van der Waals surface area contributed by atoms with Crippen molar-refractivity contribution in [2.75, 3.05) is 18.2 Å². The average molecular weight is 293 g/mol. The Morgan fingerprint density at radius 3 is 2.65 bits per heavy atom. The van der Waals surface area contributed by atoms with E-state index in [4.69, 9.17) is 10.5 Å². The van der Waals surface area contributed by atoms with E-state index in [1.54, 1.807) is 0 Å². The van der Waals surface area contributed by atoms with Gasteiger partial charge in [0.1, 0.15) is 10.7 Å². The Balaban J connectivity index is 2.32. The number of thiophene rings is 1. The normalized spacial score (nSPS) is 10.3. The number of aromatic nitrogens is 1. The molecule has 2 aromatic heterocycles. The van der Waals surface area contributed by atoms with Crippen LogP contribution in [-0.4, -0.2) is 24.0 Å². The zero-order valence-corrected chi connectivity index (χ0v) is 12.2. The molecule has 0 aliphatic carbocycles. The standard InChI is InChI=1S/C13H15N3O3S/c1-6-7(2)20-12(10(6)13(18)19-3)16-11(17)9-4-8(14)5-15-9/h4-5,15H,14H2,1-3H3,(H,16,17). The fourth-order valence-corrected chi connectivity index (χ4v) is 2.82. The molecular weight excluding hydrogens is 278 g/mol. The van der Waals surface area contributed by atoms with E-state index in [9.17, 15) is 9.59 Å². The van der Waals surface area contributed by atoms with Crippen molar-refractivity contribution in [1.82, 2.24) is 4.98 Å². The minimum Gasteiger partial charge on any atom is -0.465 e. The van der Waals surface area contributed by atoms with Gasteiger partial charge in [0.2, 0.25) is 0 Å². The van der Waals surface area contributed by atoms with Crippen molar-refractivity contribution >= 4 is 33.9 Å². The molecule has 0 aliphatic rings. The van der Waals surface area contributed by atoms with Crippen molar-refractivity contribution < 1.29 is 14.3 Å². The van der Waals surface area contributed by atoms with Crippen LogP contribution in [0.1, 0.15) is 31.3 Å². The maximum atomic E-state index is 12.1. The fourth-order valence-electron chi connectivity index (χ4n) is 1.78. The number of nitrogens with two attached hydrogens (primary N) is 1. The number of carbonyl (C=O) groups is 2. The highest BCUT2D eigenvalue weighted by molar-refractivity contribution is 7.16. The molecule has 20 heavy (non-hydrogen) atoms. The van der Waals surface area contributed by atoms with Gasteiger partial charge in [-0.2, -0.15) is 0 Å². The first-order valence-electron chi connectivity index (χ1n) is 5.87. The number of carbonyl (C=O) groups excluding carboxylic acids is 2. The summed E-state index contributed by atoms with van der Waals surface area (Å²) in [6, 6.07) is 1.53. The molecule has 2 heterocycles. The lowest BCUT2D eigenvalue weighted by atomic mass is 10.1. The van der Waals surface area contributed by atoms with Gasteiger partial charge in [0.15, 0.2) is 0 Å². The van der Waals surface area contributed by atoms with Gasteiger partial charge in [0.25, 0.3) is 5.91 Å². The maximum absolute atomic E-state index is 12.1. The maximum Gasteiger partial charge on any atom is 0.341 e. The van der Waals surface area contributed by atoms with Crippen molar-refractivity contribution in [2.45, 2.75) is 13.8 Å². The first-order valence-corrected chi connectivity index (χ1v) is 6.69. The van der Waals surface area contributed by atoms with E-state index in [2.05, 4.69) is 10.3 Å². The highest BCUT2D eigenvalue weighted by atomic mass is 32.1. The van der Waals surface area contributed by atoms with E-state index >= 15 is 0 Å². The molecule has 6 nitrogen and oxygen atoms in total. The number of amides is 1. The van der Waals surface area contributed by atoms with Gasteiger partial charge in [0, 0.05) is 16.8 Å². The van der Waals surface area contributed by atoms with Gasteiger partial charge in [-0.25, -0.2) is 4.79 Å². The van der Waals surface area contributed by atoms with Crippen LogP contribution >= 0.6 is 11.3 Å². The minimum absolute atomic E-state index is 0.335. The second-order valence-corrected chi connectivity index (χ2v) is 5.50. The van der Waals surface area contributed by atoms with Crippen LogP contribution < -0.4 is 11.1 Å². The number of anilines is 2. The van der Waals surface area contributed by atoms with Gasteiger partial charge in [-0.1, -0.05) is 0 Å². The number of H-pyrrole nitrogens is 1. The van der Waals surface area contributed by atoms with Crippen LogP contribution in [0.15, 0.2) is 12.3 Å². The summed E-state index contributed by atoms with van der Waals surface area (Å²) in [5, 5.41) is 3.19. The smallest absolute Gasteiger partial charge is 0.341 e. The number of hydrogen-bond donors (Lipinski definition) is 3. The van der Waals surface area contributed by atoms with Crippen molar-refractivity contribution in [3.05, 3.63) is 34.0 Å². The largest absolute Gasteiger partial charge is 0.465 e. The van der Waals surface area contributed by atoms with Crippen LogP contribution in [0.5, 0.6) is 0 Å². The molecule has 2 rings (SSSR count). The van der Waals surface area contributed by atoms with E-state index in [1.807, 2.05) is 13.8 Å². The number of rotatable bonds is 3. The number of hydrogen-bond acceptors (Lipinski definition) is 5. The number of esters is 1. The highest BCUT2D eigenvalue weighted by Crippen LogP contribution is 2.33. The Morgan fingerprint density at radius 1 is 1.40 bits per heavy atom. The molecule has 0 radical (unpaired) electrons. The van der Waals surface area contributed by atoms with Crippen LogP contribution in [0.3, 0.4) is 0 Å². The number of nitrogens with one attached hydrogen (secondary N) is 2. The number of aryl methyl sites for hydroxylation is 1. The number of methoxy groups -OCH3 is 1. The number of ether oxygens (including phenoxy) is 1. The molecule has 106 valence electrons. The summed E-state index contributed by atoms with van der Waals surface area (Å²) in [5.74, 6) is -0.818. The summed E-state index contributed by atoms with van der Waals surface area (Å²) >= 11 is 1.34. The van der Waals surface area contributed by atoms with Gasteiger partial charge in [-0.05, 0) is 25.5 Å². The summed E-state index contributed by atoms with van der Waals surface area (Å²) in [7, 11) is 1.31. The zero-order chi connectivity index (χ0) is 14.9. The van der Waals surface area contributed by atoms with Crippen molar-refractivity contribution in [2.24, 2.45) is 0 Å². The van der Waals surface area contributed by atoms with Crippen molar-refractivity contribution in [3.8, 4) is 0 Å². The molecule has 7 heteroatoms. The summed E-state index contributed by atoms with van der Waals surface area (Å²) in [6.07, 6.45) is 1.53. The second-order valence-electron chi connectivity index (χ2n) is 4.28. The molecule has 0 saturated carbocycles. The molecule has 0 aromatic carbocycles. The Morgan fingerprint density at radius 2 is 2.10 bits per heavy atom. The monoisotopic (exact) mass is 293 g/mol. The first kappa shape index (κ1) is 14.1. The van der Waals surface area contributed by atoms with E-state index in [1.165, 1.54) is 30.7 Å². The van der Waals surface area contributed by atoms with E-state index in [0.29, 0.717) is 21.9 Å². The first-order chi connectivity index (χ1) is 9.43. The third-order valence-electron chi connectivity index (χ3n) is 2.95. The number of nitrogen functional groups attached to an aromatic ring is 1. The van der Waals surface area contributed by atoms with Crippen LogP contribution in [0.2, 0.25) is 0 Å². The Bertz CT molecular complexity index is 672. The summed E-state index contributed by atoms with van der Waals surface area (Å²) in [4.78, 5) is 27.6. The van der Waals surface area contributed by atoms with Gasteiger partial charge >= 0.3 is 5.97 Å². The molecule has 0 fully saturated rings. The lowest BCUT2D eigenvalue weighted by Crippen LogP contribution is -2.14. The zero-order valence-electron chi connectivity index (χ0n) is 11.4. The average Bonchev–Trinajstić information content (AvgIpc) is 2.94. The lowest BCUT2D eigenvalue weighted by molar-refractivity contribution is 0.0601. The third kappa shape index (κ3) is 2.53. The Hall–Kier alpha value is -2.28. The second kappa shape index (κ2) is 5.38. The van der Waals surface area contributed by atoms with Crippen molar-refractivity contribution in [1.29, 1.82) is 0 Å². The van der Waals surface area contributed by atoms with E-state index < -0.39 is 5.97 Å². The molecule has 0 bridgehead atoms. The number of aromatic amines is 1. The van der Waals surface area contributed by atoms with Gasteiger partial charge in [0.05, 0.1) is 12.7 Å². The Labute approximate surface area is 119 Å². The molecule has 0 aliphatic heterocycles. The predicted octanol–water partition coefficient (Wildman–Crippen LogP) is 2.31. The molecule has 0 atom stereocenters. The highest BCUT2D eigenvalue weighted by Gasteiger charge is 2.22. The molecule has 1 amide bonds.